The summed E-state index contributed by atoms with van der Waals surface area (Å²) in [5, 5.41) is 11.6. The van der Waals surface area contributed by atoms with Gasteiger partial charge in [0.25, 0.3) is 0 Å². The molecule has 1 amide bonds. The molecule has 5 heteroatoms. The molecule has 1 N–H and O–H groups in total. The highest BCUT2D eigenvalue weighted by atomic mass is 32.1. The molecule has 1 aromatic heterocycles. The van der Waals surface area contributed by atoms with Gasteiger partial charge in [0.1, 0.15) is 5.00 Å². The quantitative estimate of drug-likeness (QED) is 0.914. The zero-order valence-electron chi connectivity index (χ0n) is 12.8. The van der Waals surface area contributed by atoms with Gasteiger partial charge in [-0.25, -0.2) is 4.79 Å². The number of amides is 1. The van der Waals surface area contributed by atoms with E-state index in [1.54, 1.807) is 16.3 Å². The van der Waals surface area contributed by atoms with E-state index in [4.69, 9.17) is 0 Å². The fourth-order valence-electron chi connectivity index (χ4n) is 2.94. The number of carbonyl (C=O) groups is 2. The smallest absolute Gasteiger partial charge is 0.338 e. The lowest BCUT2D eigenvalue weighted by atomic mass is 9.82. The van der Waals surface area contributed by atoms with Crippen molar-refractivity contribution in [3.63, 3.8) is 0 Å². The average molecular weight is 309 g/mol. The third-order valence-electron chi connectivity index (χ3n) is 4.21. The third kappa shape index (κ3) is 3.46. The van der Waals surface area contributed by atoms with Crippen molar-refractivity contribution in [3.05, 3.63) is 17.0 Å². The molecule has 1 aliphatic carbocycles. The Labute approximate surface area is 129 Å². The number of rotatable bonds is 4. The normalized spacial score (nSPS) is 22.3. The fraction of sp³-hybridized carbons (Fsp3) is 0.625. The molecule has 0 bridgehead atoms. The second-order valence-corrected chi connectivity index (χ2v) is 7.10. The molecule has 2 rings (SSSR count). The van der Waals surface area contributed by atoms with Crippen LogP contribution in [0, 0.1) is 11.8 Å². The van der Waals surface area contributed by atoms with Crippen LogP contribution in [0.15, 0.2) is 11.4 Å². The van der Waals surface area contributed by atoms with Gasteiger partial charge in [-0.15, -0.1) is 11.3 Å². The van der Waals surface area contributed by atoms with Crippen LogP contribution in [0.25, 0.3) is 0 Å². The molecule has 4 nitrogen and oxygen atoms in total. The monoisotopic (exact) mass is 309 g/mol. The van der Waals surface area contributed by atoms with Gasteiger partial charge in [0, 0.05) is 12.0 Å². The van der Waals surface area contributed by atoms with Crippen molar-refractivity contribution < 1.29 is 14.7 Å². The Bertz CT molecular complexity index is 515. The van der Waals surface area contributed by atoms with E-state index in [1.165, 1.54) is 11.3 Å². The third-order valence-corrected chi connectivity index (χ3v) is 5.12. The first kappa shape index (κ1) is 16.0. The molecular weight excluding hydrogens is 286 g/mol. The minimum absolute atomic E-state index is 0.0337. The molecule has 1 fully saturated rings. The Balaban J connectivity index is 2.24. The van der Waals surface area contributed by atoms with Crippen LogP contribution in [0.2, 0.25) is 0 Å². The molecular formula is C16H23NO3S. The van der Waals surface area contributed by atoms with E-state index in [0.29, 0.717) is 10.9 Å². The molecule has 0 radical (unpaired) electrons. The van der Waals surface area contributed by atoms with Gasteiger partial charge in [-0.3, -0.25) is 4.79 Å². The predicted octanol–water partition coefficient (Wildman–Crippen LogP) is 4.01. The number of nitrogens with zero attached hydrogens (tertiary/aromatic N) is 1. The Morgan fingerprint density at radius 2 is 1.90 bits per heavy atom. The zero-order valence-corrected chi connectivity index (χ0v) is 13.7. The fourth-order valence-corrected chi connectivity index (χ4v) is 3.97. The van der Waals surface area contributed by atoms with Gasteiger partial charge in [0.05, 0.1) is 5.56 Å². The first-order valence-electron chi connectivity index (χ1n) is 7.55. The second kappa shape index (κ2) is 6.60. The summed E-state index contributed by atoms with van der Waals surface area (Å²) in [5.41, 5.74) is 0.228. The van der Waals surface area contributed by atoms with Crippen molar-refractivity contribution in [2.24, 2.45) is 11.8 Å². The first-order chi connectivity index (χ1) is 9.91. The zero-order chi connectivity index (χ0) is 15.6. The van der Waals surface area contributed by atoms with E-state index in [2.05, 4.69) is 6.92 Å². The molecule has 21 heavy (non-hydrogen) atoms. The maximum absolute atomic E-state index is 12.9. The van der Waals surface area contributed by atoms with E-state index in [-0.39, 0.29) is 23.4 Å². The molecule has 116 valence electrons. The van der Waals surface area contributed by atoms with Crippen LogP contribution < -0.4 is 4.90 Å². The summed E-state index contributed by atoms with van der Waals surface area (Å²) < 4.78 is 0. The Hall–Kier alpha value is -1.36. The average Bonchev–Trinajstić information content (AvgIpc) is 2.88. The minimum atomic E-state index is -0.970. The highest BCUT2D eigenvalue weighted by molar-refractivity contribution is 7.14. The predicted molar refractivity (Wildman–Crippen MR) is 85.0 cm³/mol. The topological polar surface area (TPSA) is 57.6 Å². The molecule has 1 aromatic rings. The van der Waals surface area contributed by atoms with Gasteiger partial charge in [0.2, 0.25) is 5.91 Å². The summed E-state index contributed by atoms with van der Waals surface area (Å²) in [6, 6.07) is 1.54. The number of carbonyl (C=O) groups excluding carboxylic acids is 1. The largest absolute Gasteiger partial charge is 0.478 e. The molecule has 0 atom stereocenters. The van der Waals surface area contributed by atoms with E-state index >= 15 is 0 Å². The molecule has 0 aromatic carbocycles. The van der Waals surface area contributed by atoms with Crippen molar-refractivity contribution in [2.45, 2.75) is 52.5 Å². The minimum Gasteiger partial charge on any atom is -0.478 e. The summed E-state index contributed by atoms with van der Waals surface area (Å²) in [4.78, 5) is 25.9. The van der Waals surface area contributed by atoms with Crippen LogP contribution in [0.1, 0.15) is 56.8 Å². The summed E-state index contributed by atoms with van der Waals surface area (Å²) in [7, 11) is 0. The van der Waals surface area contributed by atoms with Crippen LogP contribution >= 0.6 is 11.3 Å². The number of anilines is 1. The van der Waals surface area contributed by atoms with Gasteiger partial charge < -0.3 is 10.0 Å². The van der Waals surface area contributed by atoms with E-state index in [1.807, 2.05) is 13.8 Å². The summed E-state index contributed by atoms with van der Waals surface area (Å²) in [6.07, 6.45) is 3.99. The highest BCUT2D eigenvalue weighted by Crippen LogP contribution is 2.35. The number of carboxylic acids is 1. The lowest BCUT2D eigenvalue weighted by Gasteiger charge is -2.33. The van der Waals surface area contributed by atoms with E-state index in [0.717, 1.165) is 25.7 Å². The maximum Gasteiger partial charge on any atom is 0.338 e. The van der Waals surface area contributed by atoms with E-state index in [9.17, 15) is 14.7 Å². The van der Waals surface area contributed by atoms with Crippen molar-refractivity contribution >= 4 is 28.2 Å². The van der Waals surface area contributed by atoms with Crippen molar-refractivity contribution in [3.8, 4) is 0 Å². The summed E-state index contributed by atoms with van der Waals surface area (Å²) >= 11 is 1.33. The van der Waals surface area contributed by atoms with Crippen molar-refractivity contribution in [2.75, 3.05) is 4.90 Å². The maximum atomic E-state index is 12.9. The first-order valence-corrected chi connectivity index (χ1v) is 8.43. The van der Waals surface area contributed by atoms with Crippen LogP contribution in [-0.4, -0.2) is 23.0 Å². The summed E-state index contributed by atoms with van der Waals surface area (Å²) in [6.45, 7) is 6.10. The molecule has 0 unspecified atom stereocenters. The van der Waals surface area contributed by atoms with Gasteiger partial charge >= 0.3 is 5.97 Å². The summed E-state index contributed by atoms with van der Waals surface area (Å²) in [5.74, 6) is -0.158. The van der Waals surface area contributed by atoms with Crippen molar-refractivity contribution in [1.82, 2.24) is 0 Å². The lowest BCUT2D eigenvalue weighted by molar-refractivity contribution is -0.123. The van der Waals surface area contributed by atoms with Crippen LogP contribution in [0.5, 0.6) is 0 Å². The van der Waals surface area contributed by atoms with Gasteiger partial charge in [-0.2, -0.15) is 0 Å². The molecule has 0 saturated heterocycles. The van der Waals surface area contributed by atoms with Gasteiger partial charge in [0.15, 0.2) is 0 Å². The van der Waals surface area contributed by atoms with Crippen LogP contribution in [-0.2, 0) is 4.79 Å². The Morgan fingerprint density at radius 3 is 2.43 bits per heavy atom. The second-order valence-electron chi connectivity index (χ2n) is 6.20. The van der Waals surface area contributed by atoms with Gasteiger partial charge in [-0.05, 0) is 56.9 Å². The van der Waals surface area contributed by atoms with Gasteiger partial charge in [-0.1, -0.05) is 6.92 Å². The number of aromatic carboxylic acids is 1. The number of carboxylic acid groups (broad SMARTS) is 1. The highest BCUT2D eigenvalue weighted by Gasteiger charge is 2.32. The number of thiophene rings is 1. The van der Waals surface area contributed by atoms with Crippen molar-refractivity contribution in [1.29, 1.82) is 0 Å². The number of hydrogen-bond acceptors (Lipinski definition) is 3. The number of hydrogen-bond donors (Lipinski definition) is 1. The lowest BCUT2D eigenvalue weighted by Crippen LogP contribution is -2.42. The molecule has 0 spiro atoms. The molecule has 1 aliphatic rings. The standard InChI is InChI=1S/C16H23NO3S/c1-10(2)17(15-13(16(19)20)8-9-21-15)14(18)12-6-4-11(3)5-7-12/h8-12H,4-7H2,1-3H3,(H,19,20)/t11-,12-. The van der Waals surface area contributed by atoms with Crippen LogP contribution in [0.3, 0.4) is 0 Å². The Morgan fingerprint density at radius 1 is 1.29 bits per heavy atom. The molecule has 0 aliphatic heterocycles. The Kier molecular flexibility index (Phi) is 5.04. The van der Waals surface area contributed by atoms with Crippen LogP contribution in [0.4, 0.5) is 5.00 Å². The SMILES string of the molecule is CC(C)N(c1sccc1C(=O)O)C(=O)[C@H]1CC[C@H](C)CC1. The van der Waals surface area contributed by atoms with E-state index < -0.39 is 5.97 Å². The molecule has 1 saturated carbocycles. The molecule has 1 heterocycles.